The molecule has 0 aliphatic carbocycles. The van der Waals surface area contributed by atoms with Crippen LogP contribution in [0.25, 0.3) is 0 Å². The fourth-order valence-electron chi connectivity index (χ4n) is 4.19. The summed E-state index contributed by atoms with van der Waals surface area (Å²) in [5.74, 6) is -0.156. The minimum absolute atomic E-state index is 0.0226. The Balaban J connectivity index is 1.51. The van der Waals surface area contributed by atoms with Crippen LogP contribution in [0.1, 0.15) is 83.1 Å². The third kappa shape index (κ3) is 7.52. The van der Waals surface area contributed by atoms with Gasteiger partial charge in [0.1, 0.15) is 11.5 Å². The first-order chi connectivity index (χ1) is 16.0. The number of phenols is 2. The number of rotatable bonds is 14. The van der Waals surface area contributed by atoms with E-state index in [2.05, 4.69) is 22.4 Å². The molecule has 0 spiro atoms. The Kier molecular flexibility index (Phi) is 10.7. The van der Waals surface area contributed by atoms with E-state index >= 15 is 0 Å². The van der Waals surface area contributed by atoms with Crippen molar-refractivity contribution in [3.63, 3.8) is 0 Å². The van der Waals surface area contributed by atoms with E-state index < -0.39 is 0 Å². The summed E-state index contributed by atoms with van der Waals surface area (Å²) >= 11 is 4.25. The Morgan fingerprint density at radius 2 is 1.67 bits per heavy atom. The maximum Gasteiger partial charge on any atom is 0.227 e. The van der Waals surface area contributed by atoms with E-state index in [-0.39, 0.29) is 23.3 Å². The number of fused-ring (bicyclic) bond motifs is 1. The number of phenolic OH excluding ortho intramolecular Hbond substituents is 2. The topological polar surface area (TPSA) is 95.3 Å². The summed E-state index contributed by atoms with van der Waals surface area (Å²) in [7, 11) is 0. The molecule has 1 aliphatic heterocycles. The smallest absolute Gasteiger partial charge is 0.227 e. The molecule has 1 amide bonds. The third-order valence-electron chi connectivity index (χ3n) is 6.08. The number of benzene rings is 1. The summed E-state index contributed by atoms with van der Waals surface area (Å²) < 4.78 is 1.55. The van der Waals surface area contributed by atoms with E-state index in [1.165, 1.54) is 92.3 Å². The first-order valence-corrected chi connectivity index (χ1v) is 14.8. The van der Waals surface area contributed by atoms with Gasteiger partial charge in [-0.1, -0.05) is 106 Å². The van der Waals surface area contributed by atoms with Crippen molar-refractivity contribution < 1.29 is 15.0 Å². The van der Waals surface area contributed by atoms with Crippen LogP contribution in [0.15, 0.2) is 19.6 Å². The number of nitrogens with one attached hydrogen (secondary N) is 1. The molecule has 33 heavy (non-hydrogen) atoms. The minimum atomic E-state index is -0.179. The largest absolute Gasteiger partial charge is 0.506 e. The molecule has 0 saturated heterocycles. The van der Waals surface area contributed by atoms with Gasteiger partial charge in [0, 0.05) is 11.5 Å². The van der Waals surface area contributed by atoms with Gasteiger partial charge in [-0.15, -0.1) is 10.2 Å². The van der Waals surface area contributed by atoms with Crippen molar-refractivity contribution >= 4 is 46.5 Å². The van der Waals surface area contributed by atoms with E-state index in [1.807, 2.05) is 6.26 Å². The molecular weight excluding hydrogens is 474 g/mol. The number of amides is 1. The van der Waals surface area contributed by atoms with Gasteiger partial charge in [0.25, 0.3) is 0 Å². The number of carbonyl (C=O) groups excluding carboxylic acids is 1. The molecule has 0 saturated carbocycles. The van der Waals surface area contributed by atoms with E-state index in [4.69, 9.17) is 0 Å². The zero-order chi connectivity index (χ0) is 23.6. The fraction of sp³-hybridized carbons (Fsp3) is 0.625. The molecule has 0 fully saturated rings. The van der Waals surface area contributed by atoms with Gasteiger partial charge in [0.05, 0.1) is 10.6 Å². The molecule has 1 aromatic heterocycles. The normalized spacial score (nSPS) is 15.5. The van der Waals surface area contributed by atoms with E-state index in [9.17, 15) is 15.0 Å². The second kappa shape index (κ2) is 13.4. The lowest BCUT2D eigenvalue weighted by atomic mass is 9.88. The summed E-state index contributed by atoms with van der Waals surface area (Å²) in [6, 6.07) is 1.49. The molecule has 1 aliphatic rings. The maximum atomic E-state index is 12.6. The summed E-state index contributed by atoms with van der Waals surface area (Å²) in [5, 5.41) is 32.4. The number of thioether (sulfide) groups is 1. The second-order valence-corrected chi connectivity index (χ2v) is 11.9. The molecule has 9 heteroatoms. The first kappa shape index (κ1) is 26.2. The van der Waals surface area contributed by atoms with E-state index in [1.54, 1.807) is 0 Å². The van der Waals surface area contributed by atoms with E-state index in [0.29, 0.717) is 26.9 Å². The average Bonchev–Trinajstić information content (AvgIpc) is 3.26. The lowest BCUT2D eigenvalue weighted by Gasteiger charge is -2.26. The van der Waals surface area contributed by atoms with Gasteiger partial charge < -0.3 is 15.5 Å². The second-order valence-electron chi connectivity index (χ2n) is 8.60. The van der Waals surface area contributed by atoms with Crippen molar-refractivity contribution in [3.8, 4) is 11.5 Å². The van der Waals surface area contributed by atoms with Crippen LogP contribution >= 0.6 is 34.9 Å². The first-order valence-electron chi connectivity index (χ1n) is 12.0. The van der Waals surface area contributed by atoms with Crippen LogP contribution in [0.5, 0.6) is 11.5 Å². The van der Waals surface area contributed by atoms with Crippen molar-refractivity contribution in [3.05, 3.63) is 11.6 Å². The summed E-state index contributed by atoms with van der Waals surface area (Å²) in [6.45, 7) is 2.24. The zero-order valence-corrected chi connectivity index (χ0v) is 22.0. The Morgan fingerprint density at radius 3 is 2.30 bits per heavy atom. The van der Waals surface area contributed by atoms with Crippen LogP contribution in [0.2, 0.25) is 0 Å². The number of unbranched alkanes of at least 4 members (excludes halogenated alkanes) is 9. The highest BCUT2D eigenvalue weighted by Crippen LogP contribution is 2.47. The van der Waals surface area contributed by atoms with Crippen LogP contribution in [0.3, 0.4) is 0 Å². The minimum Gasteiger partial charge on any atom is -0.506 e. The molecular formula is C24H35N3O3S3. The lowest BCUT2D eigenvalue weighted by Crippen LogP contribution is -2.30. The molecule has 3 rings (SSSR count). The van der Waals surface area contributed by atoms with Gasteiger partial charge in [-0.05, 0) is 25.2 Å². The Morgan fingerprint density at radius 1 is 1.03 bits per heavy atom. The van der Waals surface area contributed by atoms with Gasteiger partial charge >= 0.3 is 0 Å². The number of nitrogens with zero attached hydrogens (tertiary/aromatic N) is 2. The number of hydrogen-bond donors (Lipinski definition) is 3. The van der Waals surface area contributed by atoms with Crippen LogP contribution in [-0.4, -0.2) is 32.6 Å². The maximum absolute atomic E-state index is 12.6. The molecule has 1 aromatic carbocycles. The Bertz CT molecular complexity index is 920. The highest BCUT2D eigenvalue weighted by atomic mass is 32.2. The number of aromatic nitrogens is 2. The number of hydrogen-bond acceptors (Lipinski definition) is 8. The zero-order valence-electron chi connectivity index (χ0n) is 19.6. The van der Waals surface area contributed by atoms with Crippen molar-refractivity contribution in [2.24, 2.45) is 5.92 Å². The monoisotopic (exact) mass is 509 g/mol. The van der Waals surface area contributed by atoms with Gasteiger partial charge in [-0.25, -0.2) is 0 Å². The quantitative estimate of drug-likeness (QED) is 0.107. The summed E-state index contributed by atoms with van der Waals surface area (Å²) in [6.07, 6.45) is 15.8. The van der Waals surface area contributed by atoms with Crippen molar-refractivity contribution in [1.29, 1.82) is 0 Å². The fourth-order valence-corrected chi connectivity index (χ4v) is 6.69. The highest BCUT2D eigenvalue weighted by molar-refractivity contribution is 8.03. The summed E-state index contributed by atoms with van der Waals surface area (Å²) in [5.41, 5.74) is 0.951. The highest BCUT2D eigenvalue weighted by Gasteiger charge is 2.31. The molecule has 2 aromatic rings. The molecule has 0 radical (unpaired) electrons. The number of carbonyl (C=O) groups is 1. The molecule has 6 nitrogen and oxygen atoms in total. The predicted molar refractivity (Wildman–Crippen MR) is 138 cm³/mol. The summed E-state index contributed by atoms with van der Waals surface area (Å²) in [4.78, 5) is 13.1. The number of anilines is 1. The molecule has 0 bridgehead atoms. The van der Waals surface area contributed by atoms with Gasteiger partial charge in [-0.3, -0.25) is 4.79 Å². The molecule has 1 unspecified atom stereocenters. The average molecular weight is 510 g/mol. The van der Waals surface area contributed by atoms with Crippen LogP contribution in [-0.2, 0) is 11.2 Å². The van der Waals surface area contributed by atoms with Gasteiger partial charge in [-0.2, -0.15) is 0 Å². The number of aromatic hydroxyl groups is 2. The van der Waals surface area contributed by atoms with Crippen molar-refractivity contribution in [1.82, 2.24) is 10.2 Å². The van der Waals surface area contributed by atoms with Crippen LogP contribution in [0, 0.1) is 5.92 Å². The van der Waals surface area contributed by atoms with Crippen molar-refractivity contribution in [2.75, 3.05) is 11.6 Å². The molecule has 182 valence electrons. The standard InChI is InChI=1S/C24H35N3O3S3/c1-3-4-5-6-7-8-9-10-11-12-13-16-14-17-20(25-22(16)30)18(28)15-19(21(17)29)32-24-27-26-23(31-2)33-24/h15-16,28-29H,3-14H2,1-2H3,(H,25,30). The molecule has 1 atom stereocenters. The van der Waals surface area contributed by atoms with Crippen LogP contribution in [0.4, 0.5) is 5.69 Å². The predicted octanol–water partition coefficient (Wildman–Crippen LogP) is 7.24. The Labute approximate surface area is 209 Å². The molecule has 3 N–H and O–H groups in total. The lowest BCUT2D eigenvalue weighted by molar-refractivity contribution is -0.120. The third-order valence-corrected chi connectivity index (χ3v) is 9.06. The Hall–Kier alpha value is -1.45. The SMILES string of the molecule is CCCCCCCCCCCCC1Cc2c(O)c(Sc3nnc(SC)s3)cc(O)c2NC1=O. The van der Waals surface area contributed by atoms with Crippen LogP contribution < -0.4 is 5.32 Å². The molecule has 2 heterocycles. The van der Waals surface area contributed by atoms with Gasteiger partial charge in [0.2, 0.25) is 5.91 Å². The van der Waals surface area contributed by atoms with E-state index in [0.717, 1.165) is 23.6 Å². The van der Waals surface area contributed by atoms with Crippen molar-refractivity contribution in [2.45, 2.75) is 97.5 Å². The van der Waals surface area contributed by atoms with Gasteiger partial charge in [0.15, 0.2) is 8.68 Å².